The fraction of sp³-hybridized carbons (Fsp3) is 1.00. The number of rotatable bonds is 4. The van der Waals surface area contributed by atoms with Crippen molar-refractivity contribution in [1.82, 2.24) is 4.90 Å². The van der Waals surface area contributed by atoms with Crippen molar-refractivity contribution in [3.05, 3.63) is 0 Å². The van der Waals surface area contributed by atoms with E-state index in [9.17, 15) is 10.2 Å². The van der Waals surface area contributed by atoms with E-state index < -0.39 is 5.60 Å². The molecule has 0 aromatic carbocycles. The summed E-state index contributed by atoms with van der Waals surface area (Å²) < 4.78 is 0. The van der Waals surface area contributed by atoms with E-state index in [2.05, 4.69) is 4.90 Å². The Hall–Kier alpha value is -0.120. The van der Waals surface area contributed by atoms with Crippen LogP contribution in [0.1, 0.15) is 46.0 Å². The number of hydrogen-bond acceptors (Lipinski definition) is 3. The molecule has 0 unspecified atom stereocenters. The smallest absolute Gasteiger partial charge is 0.0774 e. The van der Waals surface area contributed by atoms with Crippen LogP contribution in [-0.4, -0.2) is 46.5 Å². The molecule has 0 heterocycles. The van der Waals surface area contributed by atoms with Gasteiger partial charge in [0.25, 0.3) is 0 Å². The predicted octanol–water partition coefficient (Wildman–Crippen LogP) is 1.38. The quantitative estimate of drug-likeness (QED) is 0.744. The second-order valence-electron chi connectivity index (χ2n) is 5.61. The molecule has 1 fully saturated rings. The van der Waals surface area contributed by atoms with Gasteiger partial charge in [-0.15, -0.1) is 0 Å². The van der Waals surface area contributed by atoms with Crippen LogP contribution in [0.4, 0.5) is 0 Å². The normalized spacial score (nSPS) is 22.0. The lowest BCUT2D eigenvalue weighted by Gasteiger charge is -2.41. The molecule has 0 aliphatic heterocycles. The van der Waals surface area contributed by atoms with Crippen molar-refractivity contribution in [1.29, 1.82) is 0 Å². The molecule has 0 aromatic rings. The Balaban J connectivity index is 2.52. The first-order valence-corrected chi connectivity index (χ1v) is 5.94. The van der Waals surface area contributed by atoms with Crippen LogP contribution in [0.3, 0.4) is 0 Å². The lowest BCUT2D eigenvalue weighted by atomic mass is 9.84. The molecule has 2 N–H and O–H groups in total. The van der Waals surface area contributed by atoms with Crippen LogP contribution in [0.25, 0.3) is 0 Å². The van der Waals surface area contributed by atoms with E-state index in [1.165, 1.54) is 6.42 Å². The van der Waals surface area contributed by atoms with Gasteiger partial charge in [0, 0.05) is 12.1 Å². The first-order chi connectivity index (χ1) is 6.90. The second-order valence-corrected chi connectivity index (χ2v) is 5.61. The third-order valence-corrected chi connectivity index (χ3v) is 3.74. The van der Waals surface area contributed by atoms with Gasteiger partial charge < -0.3 is 10.2 Å². The summed E-state index contributed by atoms with van der Waals surface area (Å²) in [5.74, 6) is 0. The summed E-state index contributed by atoms with van der Waals surface area (Å²) in [7, 11) is 1.97. The van der Waals surface area contributed by atoms with Gasteiger partial charge in [-0.2, -0.15) is 0 Å². The van der Waals surface area contributed by atoms with Gasteiger partial charge in [0.1, 0.15) is 0 Å². The number of aliphatic hydroxyl groups excluding tert-OH is 1. The molecule has 15 heavy (non-hydrogen) atoms. The average molecular weight is 215 g/mol. The van der Waals surface area contributed by atoms with Gasteiger partial charge in [0.15, 0.2) is 0 Å². The molecule has 0 spiro atoms. The van der Waals surface area contributed by atoms with Gasteiger partial charge in [0.2, 0.25) is 0 Å². The van der Waals surface area contributed by atoms with Crippen LogP contribution in [0.5, 0.6) is 0 Å². The number of aliphatic hydroxyl groups is 2. The molecule has 3 heteroatoms. The molecule has 1 saturated carbocycles. The standard InChI is InChI=1S/C12H25NO2/c1-11(2,10-14)13(3)9-12(15)7-5-4-6-8-12/h14-15H,4-10H2,1-3H3. The maximum atomic E-state index is 10.4. The second kappa shape index (κ2) is 4.81. The predicted molar refractivity (Wildman–Crippen MR) is 61.8 cm³/mol. The molecule has 0 amide bonds. The SMILES string of the molecule is CN(CC1(O)CCCCC1)C(C)(C)CO. The van der Waals surface area contributed by atoms with Crippen molar-refractivity contribution in [3.63, 3.8) is 0 Å². The minimum atomic E-state index is -0.528. The van der Waals surface area contributed by atoms with Crippen molar-refractivity contribution in [2.45, 2.75) is 57.1 Å². The van der Waals surface area contributed by atoms with Crippen LogP contribution in [0.15, 0.2) is 0 Å². The minimum absolute atomic E-state index is 0.125. The molecule has 3 nitrogen and oxygen atoms in total. The summed E-state index contributed by atoms with van der Waals surface area (Å²) in [6, 6.07) is 0. The summed E-state index contributed by atoms with van der Waals surface area (Å²) in [4.78, 5) is 2.07. The van der Waals surface area contributed by atoms with E-state index in [1.807, 2.05) is 20.9 Å². The average Bonchev–Trinajstić information content (AvgIpc) is 2.18. The van der Waals surface area contributed by atoms with Crippen molar-refractivity contribution < 1.29 is 10.2 Å². The molecule has 1 aliphatic rings. The van der Waals surface area contributed by atoms with Gasteiger partial charge in [-0.1, -0.05) is 19.3 Å². The fourth-order valence-corrected chi connectivity index (χ4v) is 2.14. The van der Waals surface area contributed by atoms with Crippen LogP contribution in [0.2, 0.25) is 0 Å². The van der Waals surface area contributed by atoms with E-state index in [0.29, 0.717) is 6.54 Å². The Labute approximate surface area is 93.1 Å². The van der Waals surface area contributed by atoms with Crippen LogP contribution in [0, 0.1) is 0 Å². The summed E-state index contributed by atoms with van der Waals surface area (Å²) >= 11 is 0. The third-order valence-electron chi connectivity index (χ3n) is 3.74. The van der Waals surface area contributed by atoms with Gasteiger partial charge in [0.05, 0.1) is 12.2 Å². The molecular formula is C12H25NO2. The molecule has 0 aromatic heterocycles. The van der Waals surface area contributed by atoms with Crippen molar-refractivity contribution in [2.24, 2.45) is 0 Å². The van der Waals surface area contributed by atoms with E-state index in [1.54, 1.807) is 0 Å². The Morgan fingerprint density at radius 3 is 2.20 bits per heavy atom. The van der Waals surface area contributed by atoms with Crippen molar-refractivity contribution in [3.8, 4) is 0 Å². The van der Waals surface area contributed by atoms with Crippen LogP contribution >= 0.6 is 0 Å². The minimum Gasteiger partial charge on any atom is -0.394 e. The van der Waals surface area contributed by atoms with Gasteiger partial charge >= 0.3 is 0 Å². The molecule has 1 rings (SSSR count). The summed E-state index contributed by atoms with van der Waals surface area (Å²) in [5, 5.41) is 19.6. The molecule has 0 atom stereocenters. The van der Waals surface area contributed by atoms with E-state index >= 15 is 0 Å². The monoisotopic (exact) mass is 215 g/mol. The van der Waals surface area contributed by atoms with E-state index in [0.717, 1.165) is 25.7 Å². The molecule has 1 aliphatic carbocycles. The lowest BCUT2D eigenvalue weighted by Crippen LogP contribution is -2.52. The van der Waals surface area contributed by atoms with Crippen molar-refractivity contribution >= 4 is 0 Å². The molecule has 90 valence electrons. The first kappa shape index (κ1) is 12.9. The van der Waals surface area contributed by atoms with Gasteiger partial charge in [-0.25, -0.2) is 0 Å². The highest BCUT2D eigenvalue weighted by molar-refractivity contribution is 4.89. The number of hydrogen-bond donors (Lipinski definition) is 2. The molecular weight excluding hydrogens is 190 g/mol. The summed E-state index contributed by atoms with van der Waals surface area (Å²) in [5.41, 5.74) is -0.771. The Kier molecular flexibility index (Phi) is 4.15. The zero-order valence-corrected chi connectivity index (χ0v) is 10.3. The molecule has 0 bridgehead atoms. The fourth-order valence-electron chi connectivity index (χ4n) is 2.14. The van der Waals surface area contributed by atoms with Crippen LogP contribution in [-0.2, 0) is 0 Å². The number of β-amino-alcohol motifs (C(OH)–C–C–N with tert-alkyl or cyclic N) is 1. The number of nitrogens with zero attached hydrogens (tertiary/aromatic N) is 1. The zero-order valence-electron chi connectivity index (χ0n) is 10.3. The molecule has 0 radical (unpaired) electrons. The Morgan fingerprint density at radius 1 is 1.20 bits per heavy atom. The van der Waals surface area contributed by atoms with Gasteiger partial charge in [-0.3, -0.25) is 4.90 Å². The zero-order chi connectivity index (χ0) is 11.5. The van der Waals surface area contributed by atoms with E-state index in [-0.39, 0.29) is 12.1 Å². The highest BCUT2D eigenvalue weighted by Crippen LogP contribution is 2.30. The largest absolute Gasteiger partial charge is 0.394 e. The van der Waals surface area contributed by atoms with Gasteiger partial charge in [-0.05, 0) is 33.7 Å². The lowest BCUT2D eigenvalue weighted by molar-refractivity contribution is -0.0495. The maximum absolute atomic E-state index is 10.4. The Bertz CT molecular complexity index is 198. The summed E-state index contributed by atoms with van der Waals surface area (Å²) in [6.07, 6.45) is 5.31. The first-order valence-electron chi connectivity index (χ1n) is 5.94. The third kappa shape index (κ3) is 3.44. The Morgan fingerprint density at radius 2 is 1.73 bits per heavy atom. The highest BCUT2D eigenvalue weighted by Gasteiger charge is 2.34. The number of likely N-dealkylation sites (N-methyl/N-ethyl adjacent to an activating group) is 1. The van der Waals surface area contributed by atoms with E-state index in [4.69, 9.17) is 0 Å². The summed E-state index contributed by atoms with van der Waals surface area (Å²) in [6.45, 7) is 4.79. The highest BCUT2D eigenvalue weighted by atomic mass is 16.3. The van der Waals surface area contributed by atoms with Crippen LogP contribution < -0.4 is 0 Å². The molecule has 0 saturated heterocycles. The maximum Gasteiger partial charge on any atom is 0.0774 e. The topological polar surface area (TPSA) is 43.7 Å². The van der Waals surface area contributed by atoms with Crippen molar-refractivity contribution in [2.75, 3.05) is 20.2 Å².